The van der Waals surface area contributed by atoms with E-state index in [1.165, 1.54) is 12.1 Å². The topological polar surface area (TPSA) is 54.5 Å². The summed E-state index contributed by atoms with van der Waals surface area (Å²) in [6.45, 7) is 0.460. The highest BCUT2D eigenvalue weighted by molar-refractivity contribution is 7.91. The number of hydrogen-bond donors (Lipinski definition) is 0. The molecule has 3 rings (SSSR count). The lowest BCUT2D eigenvalue weighted by atomic mass is 10.1. The van der Waals surface area contributed by atoms with E-state index in [9.17, 15) is 22.0 Å². The normalized spacial score (nSPS) is 14.5. The Morgan fingerprint density at radius 1 is 1.04 bits per heavy atom. The highest BCUT2D eigenvalue weighted by atomic mass is 32.2. The van der Waals surface area contributed by atoms with Crippen LogP contribution in [-0.2, 0) is 16.4 Å². The Hall–Kier alpha value is -2.28. The molecule has 25 heavy (non-hydrogen) atoms. The average Bonchev–Trinajstić information content (AvgIpc) is 3.45. The summed E-state index contributed by atoms with van der Waals surface area (Å²) in [7, 11) is -4.65. The van der Waals surface area contributed by atoms with E-state index in [0.717, 1.165) is 30.5 Å². The van der Waals surface area contributed by atoms with Crippen molar-refractivity contribution in [3.63, 3.8) is 0 Å². The maximum Gasteiger partial charge on any atom is 0.341 e. The first-order valence-electron chi connectivity index (χ1n) is 7.86. The summed E-state index contributed by atoms with van der Waals surface area (Å²) >= 11 is 0. The minimum Gasteiger partial charge on any atom is -0.331 e. The van der Waals surface area contributed by atoms with Crippen LogP contribution in [0.15, 0.2) is 59.5 Å². The van der Waals surface area contributed by atoms with Gasteiger partial charge in [0.2, 0.25) is 9.84 Å². The lowest BCUT2D eigenvalue weighted by Crippen LogP contribution is -2.32. The Labute approximate surface area is 145 Å². The van der Waals surface area contributed by atoms with Crippen LogP contribution in [0.5, 0.6) is 0 Å². The standard InChI is InChI=1S/C18H17F2NO3S/c19-18(20)25(23,24)16-10-6-14(7-11-16)17(22)21(15-8-9-15)12-13-4-2-1-3-5-13/h1-7,10-11,15,18H,8-9,12H2. The first-order chi connectivity index (χ1) is 11.9. The number of carbonyl (C=O) groups is 1. The molecule has 0 heterocycles. The van der Waals surface area contributed by atoms with Gasteiger partial charge in [-0.3, -0.25) is 4.79 Å². The number of halogens is 2. The Morgan fingerprint density at radius 2 is 1.64 bits per heavy atom. The van der Waals surface area contributed by atoms with Gasteiger partial charge in [0.15, 0.2) is 0 Å². The Kier molecular flexibility index (Phi) is 4.85. The minimum absolute atomic E-state index is 0.164. The highest BCUT2D eigenvalue weighted by Crippen LogP contribution is 2.30. The lowest BCUT2D eigenvalue weighted by Gasteiger charge is -2.23. The van der Waals surface area contributed by atoms with Gasteiger partial charge in [0.25, 0.3) is 5.91 Å². The van der Waals surface area contributed by atoms with Crippen LogP contribution in [0, 0.1) is 0 Å². The number of hydrogen-bond acceptors (Lipinski definition) is 3. The molecule has 132 valence electrons. The molecule has 0 aromatic heterocycles. The molecule has 1 aliphatic rings. The molecular weight excluding hydrogens is 348 g/mol. The van der Waals surface area contributed by atoms with Gasteiger partial charge in [0.1, 0.15) is 0 Å². The molecule has 1 amide bonds. The van der Waals surface area contributed by atoms with Gasteiger partial charge in [-0.1, -0.05) is 30.3 Å². The summed E-state index contributed by atoms with van der Waals surface area (Å²) in [5.74, 6) is -3.71. The molecule has 7 heteroatoms. The molecule has 4 nitrogen and oxygen atoms in total. The van der Waals surface area contributed by atoms with Crippen LogP contribution in [0.4, 0.5) is 8.78 Å². The van der Waals surface area contributed by atoms with Crippen molar-refractivity contribution >= 4 is 15.7 Å². The molecule has 0 bridgehead atoms. The predicted octanol–water partition coefficient (Wildman–Crippen LogP) is 3.49. The van der Waals surface area contributed by atoms with Crippen LogP contribution in [0.25, 0.3) is 0 Å². The maximum atomic E-state index is 12.8. The fourth-order valence-corrected chi connectivity index (χ4v) is 3.31. The minimum atomic E-state index is -4.65. The number of alkyl halides is 2. The summed E-state index contributed by atoms with van der Waals surface area (Å²) in [4.78, 5) is 14.0. The van der Waals surface area contributed by atoms with Crippen molar-refractivity contribution in [1.82, 2.24) is 4.90 Å². The second-order valence-electron chi connectivity index (χ2n) is 5.98. The van der Waals surface area contributed by atoms with E-state index in [4.69, 9.17) is 0 Å². The molecule has 1 saturated carbocycles. The number of nitrogens with zero attached hydrogens (tertiary/aromatic N) is 1. The van der Waals surface area contributed by atoms with Crippen molar-refractivity contribution in [2.45, 2.75) is 36.1 Å². The van der Waals surface area contributed by atoms with Gasteiger partial charge in [-0.15, -0.1) is 0 Å². The predicted molar refractivity (Wildman–Crippen MR) is 89.0 cm³/mol. The van der Waals surface area contributed by atoms with Crippen molar-refractivity contribution in [3.05, 3.63) is 65.7 Å². The van der Waals surface area contributed by atoms with E-state index < -0.39 is 20.5 Å². The zero-order valence-corrected chi connectivity index (χ0v) is 14.1. The van der Waals surface area contributed by atoms with E-state index in [1.807, 2.05) is 30.3 Å². The summed E-state index contributed by atoms with van der Waals surface area (Å²) in [6.07, 6.45) is 1.85. The SMILES string of the molecule is O=C(c1ccc(S(=O)(=O)C(F)F)cc1)N(Cc1ccccc1)C1CC1. The van der Waals surface area contributed by atoms with Gasteiger partial charge in [-0.2, -0.15) is 8.78 Å². The van der Waals surface area contributed by atoms with Crippen molar-refractivity contribution < 1.29 is 22.0 Å². The molecule has 0 aliphatic heterocycles. The van der Waals surface area contributed by atoms with E-state index in [2.05, 4.69) is 0 Å². The van der Waals surface area contributed by atoms with Gasteiger partial charge in [0, 0.05) is 18.2 Å². The zero-order chi connectivity index (χ0) is 18.0. The van der Waals surface area contributed by atoms with Gasteiger partial charge in [-0.25, -0.2) is 8.42 Å². The fourth-order valence-electron chi connectivity index (χ4n) is 2.59. The second-order valence-corrected chi connectivity index (χ2v) is 7.90. The quantitative estimate of drug-likeness (QED) is 0.787. The van der Waals surface area contributed by atoms with Crippen LogP contribution in [0.3, 0.4) is 0 Å². The van der Waals surface area contributed by atoms with Crippen molar-refractivity contribution in [3.8, 4) is 0 Å². The highest BCUT2D eigenvalue weighted by Gasteiger charge is 2.33. The van der Waals surface area contributed by atoms with Gasteiger partial charge in [0.05, 0.1) is 4.90 Å². The van der Waals surface area contributed by atoms with E-state index in [0.29, 0.717) is 6.54 Å². The van der Waals surface area contributed by atoms with E-state index >= 15 is 0 Å². The number of carbonyl (C=O) groups excluding carboxylic acids is 1. The second kappa shape index (κ2) is 6.92. The van der Waals surface area contributed by atoms with Crippen molar-refractivity contribution in [1.29, 1.82) is 0 Å². The number of sulfone groups is 1. The Balaban J connectivity index is 1.81. The molecule has 0 saturated heterocycles. The van der Waals surface area contributed by atoms with Crippen LogP contribution in [0.2, 0.25) is 0 Å². The van der Waals surface area contributed by atoms with E-state index in [-0.39, 0.29) is 17.5 Å². The molecular formula is C18H17F2NO3S. The monoisotopic (exact) mass is 365 g/mol. The van der Waals surface area contributed by atoms with Gasteiger partial charge < -0.3 is 4.90 Å². The average molecular weight is 365 g/mol. The zero-order valence-electron chi connectivity index (χ0n) is 13.3. The van der Waals surface area contributed by atoms with Gasteiger partial charge >= 0.3 is 5.76 Å². The molecule has 0 atom stereocenters. The van der Waals surface area contributed by atoms with Gasteiger partial charge in [-0.05, 0) is 42.7 Å². The third-order valence-electron chi connectivity index (χ3n) is 4.11. The Morgan fingerprint density at radius 3 is 2.16 bits per heavy atom. The third kappa shape index (κ3) is 3.87. The summed E-state index contributed by atoms with van der Waals surface area (Å²) in [5.41, 5.74) is 1.29. The van der Waals surface area contributed by atoms with Crippen LogP contribution < -0.4 is 0 Å². The maximum absolute atomic E-state index is 12.8. The molecule has 0 unspecified atom stereocenters. The molecule has 2 aromatic carbocycles. The molecule has 0 N–H and O–H groups in total. The van der Waals surface area contributed by atoms with Crippen LogP contribution in [-0.4, -0.2) is 31.0 Å². The summed E-state index contributed by atoms with van der Waals surface area (Å²) in [5, 5.41) is 0. The van der Waals surface area contributed by atoms with Crippen molar-refractivity contribution in [2.75, 3.05) is 0 Å². The number of rotatable bonds is 6. The smallest absolute Gasteiger partial charge is 0.331 e. The number of amides is 1. The lowest BCUT2D eigenvalue weighted by molar-refractivity contribution is 0.0730. The summed E-state index contributed by atoms with van der Waals surface area (Å²) in [6, 6.07) is 14.4. The first kappa shape index (κ1) is 17.5. The molecule has 2 aromatic rings. The first-order valence-corrected chi connectivity index (χ1v) is 9.41. The molecule has 0 spiro atoms. The van der Waals surface area contributed by atoms with Crippen LogP contribution >= 0.6 is 0 Å². The third-order valence-corrected chi connectivity index (χ3v) is 5.51. The van der Waals surface area contributed by atoms with Crippen molar-refractivity contribution in [2.24, 2.45) is 0 Å². The molecule has 0 radical (unpaired) electrons. The molecule has 1 fully saturated rings. The Bertz CT molecular complexity index is 848. The van der Waals surface area contributed by atoms with Crippen LogP contribution in [0.1, 0.15) is 28.8 Å². The largest absolute Gasteiger partial charge is 0.341 e. The summed E-state index contributed by atoms with van der Waals surface area (Å²) < 4.78 is 48.1. The molecule has 1 aliphatic carbocycles. The van der Waals surface area contributed by atoms with E-state index in [1.54, 1.807) is 4.90 Å². The fraction of sp³-hybridized carbons (Fsp3) is 0.278. The number of benzene rings is 2.